The largest absolute Gasteiger partial charge is 0.416 e. The Bertz CT molecular complexity index is 1510. The molecule has 47 heavy (non-hydrogen) atoms. The van der Waals surface area contributed by atoms with Gasteiger partial charge in [-0.05, 0) is 67.6 Å². The summed E-state index contributed by atoms with van der Waals surface area (Å²) in [6.07, 6.45) is 1.49. The van der Waals surface area contributed by atoms with Gasteiger partial charge in [-0.25, -0.2) is 9.78 Å². The minimum Gasteiger partial charge on any atom is -0.372 e. The topological polar surface area (TPSA) is 107 Å². The Morgan fingerprint density at radius 1 is 0.872 bits per heavy atom. The van der Waals surface area contributed by atoms with Crippen LogP contribution in [-0.4, -0.2) is 49.5 Å². The third-order valence-corrected chi connectivity index (χ3v) is 7.98. The first-order valence-corrected chi connectivity index (χ1v) is 16.2. The molecule has 12 heteroatoms. The number of aromatic nitrogens is 1. The highest BCUT2D eigenvalue weighted by Gasteiger charge is 2.31. The summed E-state index contributed by atoms with van der Waals surface area (Å²) in [5, 5.41) is 8.72. The molecule has 0 spiro atoms. The molecule has 1 aromatic heterocycles. The van der Waals surface area contributed by atoms with Gasteiger partial charge >= 0.3 is 12.2 Å². The predicted octanol–water partition coefficient (Wildman–Crippen LogP) is 7.13. The maximum Gasteiger partial charge on any atom is 0.416 e. The van der Waals surface area contributed by atoms with Gasteiger partial charge in [0.15, 0.2) is 5.82 Å². The SMILES string of the molecule is CCCCC(=O)NCCCCCC(=O)NCc1ccc(NC(=O)N2CCCN(C)c3ccc(-c4cccc(C(F)(F)F)c4)nc32)cc1. The van der Waals surface area contributed by atoms with E-state index in [2.05, 4.69) is 27.9 Å². The lowest BCUT2D eigenvalue weighted by molar-refractivity contribution is -0.137. The van der Waals surface area contributed by atoms with Crippen LogP contribution in [0.3, 0.4) is 0 Å². The van der Waals surface area contributed by atoms with Crippen LogP contribution in [0.4, 0.5) is 35.2 Å². The molecule has 0 saturated heterocycles. The lowest BCUT2D eigenvalue weighted by atomic mass is 10.1. The number of hydrogen-bond acceptors (Lipinski definition) is 5. The van der Waals surface area contributed by atoms with Crippen LogP contribution >= 0.6 is 0 Å². The lowest BCUT2D eigenvalue weighted by Gasteiger charge is -2.24. The number of amides is 4. The molecule has 2 aromatic carbocycles. The molecule has 1 aliphatic rings. The molecule has 2 heterocycles. The van der Waals surface area contributed by atoms with Crippen LogP contribution in [0, 0.1) is 0 Å². The van der Waals surface area contributed by atoms with E-state index in [1.807, 2.05) is 24.1 Å². The van der Waals surface area contributed by atoms with Gasteiger partial charge < -0.3 is 20.9 Å². The van der Waals surface area contributed by atoms with Gasteiger partial charge in [0, 0.05) is 57.3 Å². The summed E-state index contributed by atoms with van der Waals surface area (Å²) in [7, 11) is 1.89. The summed E-state index contributed by atoms with van der Waals surface area (Å²) in [6.45, 7) is 4.09. The molecule has 0 atom stereocenters. The Balaban J connectivity index is 1.30. The molecule has 0 radical (unpaired) electrons. The van der Waals surface area contributed by atoms with Crippen LogP contribution in [0.25, 0.3) is 11.3 Å². The number of carbonyl (C=O) groups is 3. The number of benzene rings is 2. The minimum absolute atomic E-state index is 0.0452. The van der Waals surface area contributed by atoms with E-state index in [0.29, 0.717) is 73.9 Å². The van der Waals surface area contributed by atoms with Crippen molar-refractivity contribution in [3.05, 3.63) is 71.8 Å². The molecule has 252 valence electrons. The fraction of sp³-hybridized carbons (Fsp3) is 0.429. The Kier molecular flexibility index (Phi) is 12.6. The quantitative estimate of drug-likeness (QED) is 0.170. The summed E-state index contributed by atoms with van der Waals surface area (Å²) < 4.78 is 40.0. The second-order valence-electron chi connectivity index (χ2n) is 11.7. The molecule has 1 aliphatic heterocycles. The van der Waals surface area contributed by atoms with Crippen molar-refractivity contribution in [2.75, 3.05) is 41.8 Å². The molecule has 9 nitrogen and oxygen atoms in total. The van der Waals surface area contributed by atoms with E-state index >= 15 is 0 Å². The fourth-order valence-corrected chi connectivity index (χ4v) is 5.27. The second-order valence-corrected chi connectivity index (χ2v) is 11.7. The van der Waals surface area contributed by atoms with Crippen molar-refractivity contribution >= 4 is 35.0 Å². The molecular weight excluding hydrogens is 609 g/mol. The standard InChI is InChI=1S/C35H43F3N6O3/c1-3-4-12-31(45)39-20-7-5-6-13-32(46)40-24-25-14-16-28(17-15-25)41-34(47)44-22-9-21-43(2)30-19-18-29(42-33(30)44)26-10-8-11-27(23-26)35(36,37)38/h8,10-11,14-19,23H,3-7,9,12-13,20-22,24H2,1-2H3,(H,39,45)(H,40,46)(H,41,47). The molecule has 4 amide bonds. The first-order valence-electron chi connectivity index (χ1n) is 16.2. The molecule has 3 aromatic rings. The Labute approximate surface area is 273 Å². The van der Waals surface area contributed by atoms with Crippen molar-refractivity contribution in [1.82, 2.24) is 15.6 Å². The summed E-state index contributed by atoms with van der Waals surface area (Å²) in [5.41, 5.74) is 2.01. The fourth-order valence-electron chi connectivity index (χ4n) is 5.27. The van der Waals surface area contributed by atoms with Crippen LogP contribution in [-0.2, 0) is 22.3 Å². The van der Waals surface area contributed by atoms with Crippen molar-refractivity contribution in [2.45, 2.75) is 71.0 Å². The lowest BCUT2D eigenvalue weighted by Crippen LogP contribution is -2.36. The van der Waals surface area contributed by atoms with Crippen LogP contribution < -0.4 is 25.8 Å². The number of rotatable bonds is 13. The number of alkyl halides is 3. The number of unbranched alkanes of at least 4 members (excludes halogenated alkanes) is 3. The van der Waals surface area contributed by atoms with Gasteiger partial charge in [0.1, 0.15) is 0 Å². The van der Waals surface area contributed by atoms with Gasteiger partial charge in [0.25, 0.3) is 0 Å². The van der Waals surface area contributed by atoms with Crippen molar-refractivity contribution in [1.29, 1.82) is 0 Å². The molecule has 0 saturated carbocycles. The normalized spacial score (nSPS) is 13.0. The average molecular weight is 653 g/mol. The van der Waals surface area contributed by atoms with Crippen molar-refractivity contribution in [2.24, 2.45) is 0 Å². The molecule has 0 unspecified atom stereocenters. The Morgan fingerprint density at radius 3 is 2.36 bits per heavy atom. The number of fused-ring (bicyclic) bond motifs is 1. The van der Waals surface area contributed by atoms with E-state index in [0.717, 1.165) is 49.8 Å². The van der Waals surface area contributed by atoms with Crippen molar-refractivity contribution in [3.63, 3.8) is 0 Å². The summed E-state index contributed by atoms with van der Waals surface area (Å²) in [4.78, 5) is 45.6. The predicted molar refractivity (Wildman–Crippen MR) is 178 cm³/mol. The Morgan fingerprint density at radius 2 is 1.62 bits per heavy atom. The Hall–Kier alpha value is -4.61. The summed E-state index contributed by atoms with van der Waals surface area (Å²) in [6, 6.07) is 15.2. The third kappa shape index (κ3) is 10.5. The summed E-state index contributed by atoms with van der Waals surface area (Å²) in [5.74, 6) is 0.406. The highest BCUT2D eigenvalue weighted by Crippen LogP contribution is 2.35. The maximum absolute atomic E-state index is 13.5. The average Bonchev–Trinajstić information content (AvgIpc) is 3.22. The number of anilines is 3. The molecule has 4 rings (SSSR count). The number of pyridine rings is 1. The van der Waals surface area contributed by atoms with Gasteiger partial charge in [0.05, 0.1) is 16.9 Å². The highest BCUT2D eigenvalue weighted by molar-refractivity contribution is 6.03. The monoisotopic (exact) mass is 652 g/mol. The van der Waals surface area contributed by atoms with Gasteiger partial charge in [-0.1, -0.05) is 44.0 Å². The van der Waals surface area contributed by atoms with Gasteiger partial charge in [0.2, 0.25) is 11.8 Å². The number of carbonyl (C=O) groups excluding carboxylic acids is 3. The zero-order valence-corrected chi connectivity index (χ0v) is 27.0. The van der Waals surface area contributed by atoms with Gasteiger partial charge in [-0.15, -0.1) is 0 Å². The zero-order valence-electron chi connectivity index (χ0n) is 27.0. The van der Waals surface area contributed by atoms with E-state index in [9.17, 15) is 27.6 Å². The van der Waals surface area contributed by atoms with Crippen LogP contribution in [0.2, 0.25) is 0 Å². The van der Waals surface area contributed by atoms with Gasteiger partial charge in [-0.3, -0.25) is 14.5 Å². The number of nitrogens with one attached hydrogen (secondary N) is 3. The van der Waals surface area contributed by atoms with E-state index in [4.69, 9.17) is 0 Å². The van der Waals surface area contributed by atoms with Crippen molar-refractivity contribution in [3.8, 4) is 11.3 Å². The van der Waals surface area contributed by atoms with Crippen molar-refractivity contribution < 1.29 is 27.6 Å². The smallest absolute Gasteiger partial charge is 0.372 e. The van der Waals surface area contributed by atoms with E-state index in [1.165, 1.54) is 11.0 Å². The molecule has 0 aliphatic carbocycles. The maximum atomic E-state index is 13.5. The number of urea groups is 1. The van der Waals surface area contributed by atoms with Crippen LogP contribution in [0.1, 0.15) is 69.4 Å². The van der Waals surface area contributed by atoms with Crippen LogP contribution in [0.15, 0.2) is 60.7 Å². The molecular formula is C35H43F3N6O3. The second kappa shape index (κ2) is 16.8. The van der Waals surface area contributed by atoms with Gasteiger partial charge in [-0.2, -0.15) is 13.2 Å². The number of halogens is 3. The zero-order chi connectivity index (χ0) is 33.8. The van der Waals surface area contributed by atoms with Crippen LogP contribution in [0.5, 0.6) is 0 Å². The number of hydrogen-bond donors (Lipinski definition) is 3. The van der Waals surface area contributed by atoms with E-state index < -0.39 is 17.8 Å². The first-order chi connectivity index (χ1) is 22.5. The first kappa shape index (κ1) is 35.2. The number of nitrogens with zero attached hydrogens (tertiary/aromatic N) is 3. The minimum atomic E-state index is -4.48. The molecule has 0 bridgehead atoms. The summed E-state index contributed by atoms with van der Waals surface area (Å²) >= 11 is 0. The highest BCUT2D eigenvalue weighted by atomic mass is 19.4. The molecule has 0 fully saturated rings. The third-order valence-electron chi connectivity index (χ3n) is 7.98. The van der Waals surface area contributed by atoms with E-state index in [-0.39, 0.29) is 11.8 Å². The van der Waals surface area contributed by atoms with E-state index in [1.54, 1.807) is 30.3 Å². The molecule has 3 N–H and O–H groups in total.